The highest BCUT2D eigenvalue weighted by molar-refractivity contribution is 6.31. The van der Waals surface area contributed by atoms with E-state index in [9.17, 15) is 4.79 Å². The molecule has 0 aliphatic heterocycles. The van der Waals surface area contributed by atoms with Crippen LogP contribution in [0.3, 0.4) is 0 Å². The van der Waals surface area contributed by atoms with Gasteiger partial charge in [-0.3, -0.25) is 0 Å². The van der Waals surface area contributed by atoms with E-state index in [2.05, 4.69) is 10.3 Å². The number of pyridine rings is 1. The zero-order valence-electron chi connectivity index (χ0n) is 16.5. The summed E-state index contributed by atoms with van der Waals surface area (Å²) in [5.41, 5.74) is 2.10. The van der Waals surface area contributed by atoms with Crippen molar-refractivity contribution in [3.63, 3.8) is 0 Å². The second-order valence-electron chi connectivity index (χ2n) is 5.98. The van der Waals surface area contributed by atoms with Crippen LogP contribution in [0.4, 0.5) is 11.4 Å². The molecule has 2 aromatic carbocycles. The number of anilines is 2. The predicted octanol–water partition coefficient (Wildman–Crippen LogP) is 4.83. The zero-order chi connectivity index (χ0) is 21.0. The number of aromatic nitrogens is 1. The van der Waals surface area contributed by atoms with Crippen molar-refractivity contribution < 1.29 is 23.7 Å². The van der Waals surface area contributed by atoms with E-state index in [0.717, 1.165) is 5.39 Å². The molecule has 1 aromatic heterocycles. The third-order valence-electron chi connectivity index (χ3n) is 4.20. The standard InChI is InChI=1S/C21H21ClN2O5/c1-5-29-21(25)17-11-16(14-8-12(22)6-7-15(14)24-17)23-13-9-18(26-2)20(28-4)19(10-13)27-3/h6-11H,5H2,1-4H3,(H,23,24). The molecular weight excluding hydrogens is 396 g/mol. The van der Waals surface area contributed by atoms with Crippen LogP contribution in [0.5, 0.6) is 17.2 Å². The minimum Gasteiger partial charge on any atom is -0.493 e. The SMILES string of the molecule is CCOC(=O)c1cc(Nc2cc(OC)c(OC)c(OC)c2)c2cc(Cl)ccc2n1. The number of rotatable bonds is 7. The van der Waals surface area contributed by atoms with E-state index in [1.54, 1.807) is 57.5 Å². The monoisotopic (exact) mass is 416 g/mol. The van der Waals surface area contributed by atoms with E-state index in [0.29, 0.717) is 39.2 Å². The van der Waals surface area contributed by atoms with Gasteiger partial charge in [-0.2, -0.15) is 0 Å². The first-order valence-electron chi connectivity index (χ1n) is 8.85. The molecule has 0 saturated heterocycles. The summed E-state index contributed by atoms with van der Waals surface area (Å²) in [6.07, 6.45) is 0. The number of nitrogens with zero attached hydrogens (tertiary/aromatic N) is 1. The van der Waals surface area contributed by atoms with Crippen LogP contribution in [0.15, 0.2) is 36.4 Å². The number of hydrogen-bond donors (Lipinski definition) is 1. The van der Waals surface area contributed by atoms with Gasteiger partial charge in [-0.05, 0) is 31.2 Å². The van der Waals surface area contributed by atoms with E-state index < -0.39 is 5.97 Å². The largest absolute Gasteiger partial charge is 0.493 e. The molecule has 0 saturated carbocycles. The second-order valence-corrected chi connectivity index (χ2v) is 6.41. The first-order chi connectivity index (χ1) is 14.0. The van der Waals surface area contributed by atoms with Crippen LogP contribution in [-0.4, -0.2) is 38.9 Å². The number of halogens is 1. The van der Waals surface area contributed by atoms with Crippen molar-refractivity contribution in [2.24, 2.45) is 0 Å². The van der Waals surface area contributed by atoms with Gasteiger partial charge in [0.25, 0.3) is 0 Å². The topological polar surface area (TPSA) is 78.9 Å². The molecule has 0 aliphatic rings. The van der Waals surface area contributed by atoms with Crippen LogP contribution >= 0.6 is 11.6 Å². The number of hydrogen-bond acceptors (Lipinski definition) is 7. The summed E-state index contributed by atoms with van der Waals surface area (Å²) in [5.74, 6) is 0.973. The van der Waals surface area contributed by atoms with Crippen LogP contribution < -0.4 is 19.5 Å². The van der Waals surface area contributed by atoms with E-state index in [1.165, 1.54) is 7.11 Å². The quantitative estimate of drug-likeness (QED) is 0.552. The fraction of sp³-hybridized carbons (Fsp3) is 0.238. The van der Waals surface area contributed by atoms with Crippen LogP contribution in [0, 0.1) is 0 Å². The van der Waals surface area contributed by atoms with E-state index in [4.69, 9.17) is 30.5 Å². The van der Waals surface area contributed by atoms with Gasteiger partial charge >= 0.3 is 5.97 Å². The highest BCUT2D eigenvalue weighted by Crippen LogP contribution is 2.41. The summed E-state index contributed by atoms with van der Waals surface area (Å²) in [6, 6.07) is 10.4. The summed E-state index contributed by atoms with van der Waals surface area (Å²) in [6.45, 7) is 2.00. The Bertz CT molecular complexity index is 1030. The maximum absolute atomic E-state index is 12.2. The Morgan fingerprint density at radius 1 is 1.03 bits per heavy atom. The number of carbonyl (C=O) groups excluding carboxylic acids is 1. The molecule has 29 heavy (non-hydrogen) atoms. The minimum atomic E-state index is -0.503. The minimum absolute atomic E-state index is 0.191. The molecule has 0 atom stereocenters. The third-order valence-corrected chi connectivity index (χ3v) is 4.43. The zero-order valence-corrected chi connectivity index (χ0v) is 17.3. The lowest BCUT2D eigenvalue weighted by atomic mass is 10.1. The number of nitrogens with one attached hydrogen (secondary N) is 1. The van der Waals surface area contributed by atoms with Crippen molar-refractivity contribution >= 4 is 39.8 Å². The van der Waals surface area contributed by atoms with Gasteiger partial charge in [0.2, 0.25) is 5.75 Å². The van der Waals surface area contributed by atoms with Gasteiger partial charge in [0.05, 0.1) is 39.1 Å². The van der Waals surface area contributed by atoms with Gasteiger partial charge in [0, 0.05) is 28.2 Å². The molecule has 1 N–H and O–H groups in total. The van der Waals surface area contributed by atoms with Crippen LogP contribution in [-0.2, 0) is 4.74 Å². The molecule has 0 fully saturated rings. The summed E-state index contributed by atoms with van der Waals surface area (Å²) in [5, 5.41) is 4.59. The Balaban J connectivity index is 2.13. The number of fused-ring (bicyclic) bond motifs is 1. The summed E-state index contributed by atoms with van der Waals surface area (Å²) in [7, 11) is 4.63. The lowest BCUT2D eigenvalue weighted by Gasteiger charge is -2.16. The van der Waals surface area contributed by atoms with Crippen LogP contribution in [0.1, 0.15) is 17.4 Å². The van der Waals surface area contributed by atoms with Gasteiger partial charge in [-0.1, -0.05) is 11.6 Å². The number of methoxy groups -OCH3 is 3. The molecular formula is C21H21ClN2O5. The fourth-order valence-electron chi connectivity index (χ4n) is 2.92. The van der Waals surface area contributed by atoms with Gasteiger partial charge in [0.15, 0.2) is 17.2 Å². The van der Waals surface area contributed by atoms with Gasteiger partial charge in [-0.15, -0.1) is 0 Å². The van der Waals surface area contributed by atoms with Crippen molar-refractivity contribution in [2.75, 3.05) is 33.3 Å². The summed E-state index contributed by atoms with van der Waals surface area (Å²) >= 11 is 6.18. The number of benzene rings is 2. The van der Waals surface area contributed by atoms with E-state index in [-0.39, 0.29) is 12.3 Å². The maximum Gasteiger partial charge on any atom is 0.357 e. The molecule has 1 heterocycles. The highest BCUT2D eigenvalue weighted by atomic mass is 35.5. The summed E-state index contributed by atoms with van der Waals surface area (Å²) in [4.78, 5) is 16.6. The average molecular weight is 417 g/mol. The molecule has 3 aromatic rings. The molecule has 0 radical (unpaired) electrons. The fourth-order valence-corrected chi connectivity index (χ4v) is 3.09. The Hall–Kier alpha value is -3.19. The molecule has 8 heteroatoms. The van der Waals surface area contributed by atoms with Gasteiger partial charge in [0.1, 0.15) is 0 Å². The van der Waals surface area contributed by atoms with Crippen molar-refractivity contribution in [3.05, 3.63) is 47.1 Å². The Morgan fingerprint density at radius 3 is 2.31 bits per heavy atom. The van der Waals surface area contributed by atoms with Crippen molar-refractivity contribution in [1.29, 1.82) is 0 Å². The van der Waals surface area contributed by atoms with Crippen LogP contribution in [0.25, 0.3) is 10.9 Å². The maximum atomic E-state index is 12.2. The molecule has 7 nitrogen and oxygen atoms in total. The molecule has 0 aliphatic carbocycles. The number of carbonyl (C=O) groups is 1. The average Bonchev–Trinajstić information content (AvgIpc) is 2.73. The molecule has 3 rings (SSSR count). The first kappa shape index (κ1) is 20.5. The van der Waals surface area contributed by atoms with Gasteiger partial charge < -0.3 is 24.3 Å². The van der Waals surface area contributed by atoms with Crippen LogP contribution in [0.2, 0.25) is 5.02 Å². The van der Waals surface area contributed by atoms with E-state index in [1.807, 2.05) is 0 Å². The highest BCUT2D eigenvalue weighted by Gasteiger charge is 2.17. The second kappa shape index (κ2) is 8.87. The number of esters is 1. The normalized spacial score (nSPS) is 10.5. The van der Waals surface area contributed by atoms with Crippen molar-refractivity contribution in [2.45, 2.75) is 6.92 Å². The molecule has 0 unspecified atom stereocenters. The summed E-state index contributed by atoms with van der Waals surface area (Å²) < 4.78 is 21.3. The Morgan fingerprint density at radius 2 is 1.72 bits per heavy atom. The molecule has 0 spiro atoms. The molecule has 152 valence electrons. The van der Waals surface area contributed by atoms with Crippen molar-refractivity contribution in [1.82, 2.24) is 4.98 Å². The smallest absolute Gasteiger partial charge is 0.357 e. The van der Waals surface area contributed by atoms with Crippen molar-refractivity contribution in [3.8, 4) is 17.2 Å². The Labute approximate surface area is 173 Å². The lowest BCUT2D eigenvalue weighted by Crippen LogP contribution is -2.08. The first-order valence-corrected chi connectivity index (χ1v) is 9.23. The lowest BCUT2D eigenvalue weighted by molar-refractivity contribution is 0.0520. The van der Waals surface area contributed by atoms with Gasteiger partial charge in [-0.25, -0.2) is 9.78 Å². The third kappa shape index (κ3) is 4.30. The molecule has 0 bridgehead atoms. The van der Waals surface area contributed by atoms with E-state index >= 15 is 0 Å². The number of ether oxygens (including phenoxy) is 4. The Kier molecular flexibility index (Phi) is 6.29. The molecule has 0 amide bonds. The predicted molar refractivity (Wildman–Crippen MR) is 112 cm³/mol.